The van der Waals surface area contributed by atoms with E-state index in [1.54, 1.807) is 0 Å². The number of nitrogens with one attached hydrogen (secondary N) is 2. The van der Waals surface area contributed by atoms with E-state index in [9.17, 15) is 4.79 Å². The summed E-state index contributed by atoms with van der Waals surface area (Å²) in [7, 11) is 0. The van der Waals surface area contributed by atoms with Crippen LogP contribution in [-0.4, -0.2) is 30.1 Å². The van der Waals surface area contributed by atoms with Gasteiger partial charge in [-0.1, -0.05) is 30.3 Å². The van der Waals surface area contributed by atoms with Crippen LogP contribution in [0.3, 0.4) is 0 Å². The Morgan fingerprint density at radius 1 is 1.32 bits per heavy atom. The van der Waals surface area contributed by atoms with Crippen LogP contribution in [-0.2, 0) is 0 Å². The zero-order chi connectivity index (χ0) is 17.8. The Balaban J connectivity index is 1.73. The topological polar surface area (TPSA) is 46.1 Å². The van der Waals surface area contributed by atoms with Gasteiger partial charge in [-0.05, 0) is 64.3 Å². The van der Waals surface area contributed by atoms with E-state index in [1.807, 2.05) is 19.1 Å². The molecule has 1 fully saturated rings. The highest BCUT2D eigenvalue weighted by atomic mass is 16.1. The molecule has 0 radical (unpaired) electrons. The Hall–Kier alpha value is -2.07. The Morgan fingerprint density at radius 3 is 2.76 bits per heavy atom. The Kier molecular flexibility index (Phi) is 5.59. The van der Waals surface area contributed by atoms with Gasteiger partial charge in [0.2, 0.25) is 0 Å². The molecule has 4 nitrogen and oxygen atoms in total. The number of rotatable bonds is 5. The lowest BCUT2D eigenvalue weighted by atomic mass is 9.99. The second-order valence-corrected chi connectivity index (χ2v) is 7.16. The lowest BCUT2D eigenvalue weighted by Crippen LogP contribution is -2.38. The van der Waals surface area contributed by atoms with Crippen molar-refractivity contribution in [2.75, 3.05) is 19.6 Å². The third-order valence-electron chi connectivity index (χ3n) is 5.35. The Labute approximate surface area is 150 Å². The molecule has 25 heavy (non-hydrogen) atoms. The van der Waals surface area contributed by atoms with Gasteiger partial charge in [-0.15, -0.1) is 0 Å². The summed E-state index contributed by atoms with van der Waals surface area (Å²) in [5.74, 6) is 0.592. The number of aryl methyl sites for hydroxylation is 1. The highest BCUT2D eigenvalue weighted by Crippen LogP contribution is 2.25. The SMILES string of the molecule is Cc1cc(C(=O)NCC2CCCNC2)c(C)n1C(C)c1ccccc1. The molecule has 0 spiro atoms. The fourth-order valence-electron chi connectivity index (χ4n) is 3.91. The van der Waals surface area contributed by atoms with Crippen molar-refractivity contribution < 1.29 is 4.79 Å². The fourth-order valence-corrected chi connectivity index (χ4v) is 3.91. The molecule has 4 heteroatoms. The number of aromatic nitrogens is 1. The number of hydrogen-bond donors (Lipinski definition) is 2. The zero-order valence-corrected chi connectivity index (χ0v) is 15.5. The van der Waals surface area contributed by atoms with Gasteiger partial charge in [-0.25, -0.2) is 0 Å². The van der Waals surface area contributed by atoms with E-state index in [1.165, 1.54) is 18.4 Å². The van der Waals surface area contributed by atoms with Crippen LogP contribution in [0.25, 0.3) is 0 Å². The van der Waals surface area contributed by atoms with Gasteiger partial charge in [-0.3, -0.25) is 4.79 Å². The number of amides is 1. The van der Waals surface area contributed by atoms with Gasteiger partial charge >= 0.3 is 0 Å². The normalized spacial score (nSPS) is 18.8. The maximum absolute atomic E-state index is 12.7. The first-order chi connectivity index (χ1) is 12.1. The third-order valence-corrected chi connectivity index (χ3v) is 5.35. The van der Waals surface area contributed by atoms with Crippen LogP contribution in [0, 0.1) is 19.8 Å². The smallest absolute Gasteiger partial charge is 0.253 e. The van der Waals surface area contributed by atoms with Gasteiger partial charge in [0.05, 0.1) is 11.6 Å². The predicted octanol–water partition coefficient (Wildman–Crippen LogP) is 3.44. The van der Waals surface area contributed by atoms with Crippen LogP contribution in [0.15, 0.2) is 36.4 Å². The van der Waals surface area contributed by atoms with Crippen LogP contribution in [0.2, 0.25) is 0 Å². The van der Waals surface area contributed by atoms with Gasteiger partial charge in [0.25, 0.3) is 5.91 Å². The second-order valence-electron chi connectivity index (χ2n) is 7.16. The van der Waals surface area contributed by atoms with E-state index in [2.05, 4.69) is 53.3 Å². The van der Waals surface area contributed by atoms with Crippen molar-refractivity contribution in [2.24, 2.45) is 5.92 Å². The van der Waals surface area contributed by atoms with Gasteiger partial charge in [0.15, 0.2) is 0 Å². The summed E-state index contributed by atoms with van der Waals surface area (Å²) >= 11 is 0. The fraction of sp³-hybridized carbons (Fsp3) is 0.476. The molecular formula is C21H29N3O. The first-order valence-corrected chi connectivity index (χ1v) is 9.30. The lowest BCUT2D eigenvalue weighted by molar-refractivity contribution is 0.0944. The summed E-state index contributed by atoms with van der Waals surface area (Å²) in [5, 5.41) is 6.54. The van der Waals surface area contributed by atoms with Gasteiger partial charge < -0.3 is 15.2 Å². The van der Waals surface area contributed by atoms with Gasteiger partial charge in [0, 0.05) is 17.9 Å². The standard InChI is InChI=1S/C21H29N3O/c1-15-12-20(21(25)23-14-18-8-7-11-22-13-18)17(3)24(15)16(2)19-9-5-4-6-10-19/h4-6,9-10,12,16,18,22H,7-8,11,13-14H2,1-3H3,(H,23,25). The van der Waals surface area contributed by atoms with Gasteiger partial charge in [-0.2, -0.15) is 0 Å². The lowest BCUT2D eigenvalue weighted by Gasteiger charge is -2.23. The molecule has 1 amide bonds. The van der Waals surface area contributed by atoms with Crippen molar-refractivity contribution in [1.29, 1.82) is 0 Å². The van der Waals surface area contributed by atoms with E-state index in [0.717, 1.165) is 36.6 Å². The number of carbonyl (C=O) groups excluding carboxylic acids is 1. The molecular weight excluding hydrogens is 310 g/mol. The Morgan fingerprint density at radius 2 is 2.08 bits per heavy atom. The number of hydrogen-bond acceptors (Lipinski definition) is 2. The number of benzene rings is 1. The summed E-state index contributed by atoms with van der Waals surface area (Å²) in [6.45, 7) is 9.17. The van der Waals surface area contributed by atoms with Crippen molar-refractivity contribution >= 4 is 5.91 Å². The minimum atomic E-state index is 0.0465. The molecule has 0 bridgehead atoms. The summed E-state index contributed by atoms with van der Waals surface area (Å²) in [6.07, 6.45) is 2.39. The summed E-state index contributed by atoms with van der Waals surface area (Å²) in [6, 6.07) is 12.7. The molecule has 1 aromatic carbocycles. The molecule has 2 N–H and O–H groups in total. The first kappa shape index (κ1) is 17.7. The molecule has 2 aromatic rings. The zero-order valence-electron chi connectivity index (χ0n) is 15.5. The molecule has 0 saturated carbocycles. The van der Waals surface area contributed by atoms with Crippen LogP contribution < -0.4 is 10.6 Å². The van der Waals surface area contributed by atoms with Crippen molar-refractivity contribution in [3.63, 3.8) is 0 Å². The highest BCUT2D eigenvalue weighted by molar-refractivity contribution is 5.95. The highest BCUT2D eigenvalue weighted by Gasteiger charge is 2.20. The monoisotopic (exact) mass is 339 g/mol. The van der Waals surface area contributed by atoms with E-state index in [4.69, 9.17) is 0 Å². The van der Waals surface area contributed by atoms with E-state index >= 15 is 0 Å². The van der Waals surface area contributed by atoms with E-state index in [-0.39, 0.29) is 11.9 Å². The van der Waals surface area contributed by atoms with E-state index in [0.29, 0.717) is 5.92 Å². The molecule has 2 heterocycles. The molecule has 1 saturated heterocycles. The van der Waals surface area contributed by atoms with Crippen molar-refractivity contribution in [3.05, 3.63) is 58.9 Å². The molecule has 2 atom stereocenters. The van der Waals surface area contributed by atoms with Gasteiger partial charge in [0.1, 0.15) is 0 Å². The molecule has 0 aliphatic carbocycles. The molecule has 1 aliphatic rings. The maximum Gasteiger partial charge on any atom is 0.253 e. The minimum absolute atomic E-state index is 0.0465. The second kappa shape index (κ2) is 7.87. The van der Waals surface area contributed by atoms with Crippen molar-refractivity contribution in [2.45, 2.75) is 39.7 Å². The van der Waals surface area contributed by atoms with Crippen LogP contribution >= 0.6 is 0 Å². The maximum atomic E-state index is 12.7. The van der Waals surface area contributed by atoms with Crippen LogP contribution in [0.4, 0.5) is 0 Å². The minimum Gasteiger partial charge on any atom is -0.352 e. The largest absolute Gasteiger partial charge is 0.352 e. The first-order valence-electron chi connectivity index (χ1n) is 9.30. The molecule has 2 unspecified atom stereocenters. The summed E-state index contributed by atoms with van der Waals surface area (Å²) < 4.78 is 2.26. The molecule has 1 aliphatic heterocycles. The average molecular weight is 339 g/mol. The average Bonchev–Trinajstić information content (AvgIpc) is 2.95. The van der Waals surface area contributed by atoms with E-state index < -0.39 is 0 Å². The third kappa shape index (κ3) is 3.96. The number of carbonyl (C=O) groups is 1. The number of piperidine rings is 1. The Bertz CT molecular complexity index is 714. The van der Waals surface area contributed by atoms with Crippen LogP contribution in [0.1, 0.15) is 53.1 Å². The quantitative estimate of drug-likeness (QED) is 0.876. The van der Waals surface area contributed by atoms with Crippen molar-refractivity contribution in [3.8, 4) is 0 Å². The number of nitrogens with zero attached hydrogens (tertiary/aromatic N) is 1. The summed E-state index contributed by atoms with van der Waals surface area (Å²) in [4.78, 5) is 12.7. The predicted molar refractivity (Wildman–Crippen MR) is 102 cm³/mol. The van der Waals surface area contributed by atoms with Crippen LogP contribution in [0.5, 0.6) is 0 Å². The molecule has 134 valence electrons. The molecule has 3 rings (SSSR count). The molecule has 1 aromatic heterocycles. The summed E-state index contributed by atoms with van der Waals surface area (Å²) in [5.41, 5.74) is 4.21. The van der Waals surface area contributed by atoms with Crippen molar-refractivity contribution in [1.82, 2.24) is 15.2 Å².